The van der Waals surface area contributed by atoms with Crippen molar-refractivity contribution in [2.24, 2.45) is 0 Å². The van der Waals surface area contributed by atoms with Gasteiger partial charge in [0.05, 0.1) is 23.1 Å². The molecule has 1 fully saturated rings. The summed E-state index contributed by atoms with van der Waals surface area (Å²) in [5.41, 5.74) is 0.595. The van der Waals surface area contributed by atoms with Crippen LogP contribution < -0.4 is 5.32 Å². The van der Waals surface area contributed by atoms with Gasteiger partial charge in [-0.25, -0.2) is 17.2 Å². The Labute approximate surface area is 161 Å². The van der Waals surface area contributed by atoms with Crippen LogP contribution in [0.2, 0.25) is 0 Å². The number of hydrogen-bond donors (Lipinski definition) is 1. The number of hydrogen-bond acceptors (Lipinski definition) is 4. The number of amides is 1. The van der Waals surface area contributed by atoms with Gasteiger partial charge in [0.1, 0.15) is 11.6 Å². The van der Waals surface area contributed by atoms with Crippen LogP contribution in [0.4, 0.5) is 8.78 Å². The van der Waals surface area contributed by atoms with Crippen molar-refractivity contribution in [1.29, 1.82) is 0 Å². The number of nitrogens with one attached hydrogen (secondary N) is 1. The molecule has 27 heavy (non-hydrogen) atoms. The molecule has 0 bridgehead atoms. The number of sulfone groups is 1. The molecule has 1 N–H and O–H groups in total. The Bertz CT molecular complexity index is 963. The standard InChI is InChI=1S/C19H19F2NO3S2/c1-12(15-7-6-13(20)10-17(15)21)22-19(23)16-4-2-3-5-18(16)26-14-8-9-27(24,25)11-14/h2-7,10,12,14H,8-9,11H2,1H3,(H,22,23)/t12-,14-/m1/s1. The zero-order valence-electron chi connectivity index (χ0n) is 14.6. The van der Waals surface area contributed by atoms with Gasteiger partial charge in [0.15, 0.2) is 9.84 Å². The quantitative estimate of drug-likeness (QED) is 0.814. The average molecular weight is 411 g/mol. The van der Waals surface area contributed by atoms with Gasteiger partial charge < -0.3 is 5.32 Å². The molecule has 0 unspecified atom stereocenters. The van der Waals surface area contributed by atoms with Crippen molar-refractivity contribution < 1.29 is 22.0 Å². The van der Waals surface area contributed by atoms with E-state index < -0.39 is 33.4 Å². The molecule has 1 amide bonds. The van der Waals surface area contributed by atoms with Crippen molar-refractivity contribution in [2.75, 3.05) is 11.5 Å². The Morgan fingerprint density at radius 3 is 2.63 bits per heavy atom. The SMILES string of the molecule is C[C@@H](NC(=O)c1ccccc1S[C@@H]1CCS(=O)(=O)C1)c1ccc(F)cc1F. The van der Waals surface area contributed by atoms with E-state index in [-0.39, 0.29) is 22.3 Å². The topological polar surface area (TPSA) is 63.2 Å². The lowest BCUT2D eigenvalue weighted by atomic mass is 10.1. The second-order valence-electron chi connectivity index (χ2n) is 6.50. The summed E-state index contributed by atoms with van der Waals surface area (Å²) in [7, 11) is -3.01. The zero-order valence-corrected chi connectivity index (χ0v) is 16.2. The first-order chi connectivity index (χ1) is 12.7. The van der Waals surface area contributed by atoms with E-state index in [2.05, 4.69) is 5.32 Å². The lowest BCUT2D eigenvalue weighted by Crippen LogP contribution is -2.27. The highest BCUT2D eigenvalue weighted by Gasteiger charge is 2.29. The minimum Gasteiger partial charge on any atom is -0.345 e. The van der Waals surface area contributed by atoms with Gasteiger partial charge >= 0.3 is 0 Å². The molecule has 1 heterocycles. The molecule has 2 atom stereocenters. The summed E-state index contributed by atoms with van der Waals surface area (Å²) in [5, 5.41) is 2.63. The second-order valence-corrected chi connectivity index (χ2v) is 10.1. The maximum atomic E-state index is 13.9. The fraction of sp³-hybridized carbons (Fsp3) is 0.316. The minimum absolute atomic E-state index is 0.0871. The summed E-state index contributed by atoms with van der Waals surface area (Å²) in [5.74, 6) is -1.52. The smallest absolute Gasteiger partial charge is 0.252 e. The van der Waals surface area contributed by atoms with E-state index in [9.17, 15) is 22.0 Å². The Morgan fingerprint density at radius 1 is 1.22 bits per heavy atom. The van der Waals surface area contributed by atoms with Crippen molar-refractivity contribution in [3.8, 4) is 0 Å². The first kappa shape index (κ1) is 19.8. The van der Waals surface area contributed by atoms with Crippen LogP contribution in [-0.4, -0.2) is 31.1 Å². The van der Waals surface area contributed by atoms with E-state index >= 15 is 0 Å². The number of halogens is 2. The molecule has 2 aromatic rings. The summed E-state index contributed by atoms with van der Waals surface area (Å²) in [4.78, 5) is 13.4. The van der Waals surface area contributed by atoms with Crippen LogP contribution in [0.5, 0.6) is 0 Å². The van der Waals surface area contributed by atoms with Crippen molar-refractivity contribution in [3.63, 3.8) is 0 Å². The molecule has 1 aliphatic rings. The highest BCUT2D eigenvalue weighted by Crippen LogP contribution is 2.33. The van der Waals surface area contributed by atoms with Gasteiger partial charge in [0, 0.05) is 21.8 Å². The molecule has 0 spiro atoms. The average Bonchev–Trinajstić information content (AvgIpc) is 2.93. The second kappa shape index (κ2) is 7.98. The lowest BCUT2D eigenvalue weighted by molar-refractivity contribution is 0.0936. The van der Waals surface area contributed by atoms with Gasteiger partial charge in [-0.05, 0) is 31.5 Å². The number of thioether (sulfide) groups is 1. The molecule has 1 saturated heterocycles. The Hall–Kier alpha value is -1.93. The summed E-state index contributed by atoms with van der Waals surface area (Å²) >= 11 is 1.37. The molecular formula is C19H19F2NO3S2. The molecule has 4 nitrogen and oxygen atoms in total. The van der Waals surface area contributed by atoms with Crippen molar-refractivity contribution in [3.05, 3.63) is 65.2 Å². The summed E-state index contributed by atoms with van der Waals surface area (Å²) in [6.07, 6.45) is 0.556. The molecule has 1 aliphatic heterocycles. The third-order valence-electron chi connectivity index (χ3n) is 4.39. The molecule has 2 aromatic carbocycles. The van der Waals surface area contributed by atoms with E-state index in [1.165, 1.54) is 17.8 Å². The van der Waals surface area contributed by atoms with Gasteiger partial charge in [-0.15, -0.1) is 11.8 Å². The van der Waals surface area contributed by atoms with Gasteiger partial charge in [0.2, 0.25) is 0 Å². The maximum absolute atomic E-state index is 13.9. The van der Waals surface area contributed by atoms with Crippen molar-refractivity contribution in [2.45, 2.75) is 29.5 Å². The van der Waals surface area contributed by atoms with E-state index in [0.717, 1.165) is 12.1 Å². The Balaban J connectivity index is 1.75. The Kier molecular flexibility index (Phi) is 5.86. The molecule has 0 aromatic heterocycles. The first-order valence-corrected chi connectivity index (χ1v) is 11.2. The highest BCUT2D eigenvalue weighted by atomic mass is 32.2. The van der Waals surface area contributed by atoms with Gasteiger partial charge in [0.25, 0.3) is 5.91 Å². The fourth-order valence-electron chi connectivity index (χ4n) is 3.00. The van der Waals surface area contributed by atoms with Gasteiger partial charge in [-0.1, -0.05) is 18.2 Å². The minimum atomic E-state index is -3.01. The number of carbonyl (C=O) groups excluding carboxylic acids is 1. The van der Waals surface area contributed by atoms with Crippen LogP contribution in [0.25, 0.3) is 0 Å². The third kappa shape index (κ3) is 4.87. The normalized spacial score (nSPS) is 19.6. The molecular weight excluding hydrogens is 392 g/mol. The summed E-state index contributed by atoms with van der Waals surface area (Å²) in [6.45, 7) is 1.62. The molecule has 0 saturated carbocycles. The molecule has 0 aliphatic carbocycles. The highest BCUT2D eigenvalue weighted by molar-refractivity contribution is 8.02. The lowest BCUT2D eigenvalue weighted by Gasteiger charge is -2.17. The molecule has 3 rings (SSSR count). The zero-order chi connectivity index (χ0) is 19.6. The van der Waals surface area contributed by atoms with Crippen LogP contribution in [0.3, 0.4) is 0 Å². The van der Waals surface area contributed by atoms with E-state index in [4.69, 9.17) is 0 Å². The summed E-state index contributed by atoms with van der Waals surface area (Å²) in [6, 6.07) is 9.50. The molecule has 0 radical (unpaired) electrons. The van der Waals surface area contributed by atoms with Crippen LogP contribution >= 0.6 is 11.8 Å². The van der Waals surface area contributed by atoms with E-state index in [1.807, 2.05) is 0 Å². The van der Waals surface area contributed by atoms with Crippen LogP contribution in [-0.2, 0) is 9.84 Å². The van der Waals surface area contributed by atoms with Crippen LogP contribution in [0, 0.1) is 11.6 Å². The number of rotatable bonds is 5. The van der Waals surface area contributed by atoms with Crippen molar-refractivity contribution >= 4 is 27.5 Å². The van der Waals surface area contributed by atoms with Crippen LogP contribution in [0.15, 0.2) is 47.4 Å². The van der Waals surface area contributed by atoms with Crippen molar-refractivity contribution in [1.82, 2.24) is 5.32 Å². The first-order valence-electron chi connectivity index (χ1n) is 8.47. The predicted molar refractivity (Wildman–Crippen MR) is 102 cm³/mol. The molecule has 144 valence electrons. The van der Waals surface area contributed by atoms with Gasteiger partial charge in [-0.3, -0.25) is 4.79 Å². The monoisotopic (exact) mass is 411 g/mol. The predicted octanol–water partition coefficient (Wildman–Crippen LogP) is 3.74. The fourth-order valence-corrected chi connectivity index (χ4v) is 6.62. The third-order valence-corrected chi connectivity index (χ3v) is 7.72. The maximum Gasteiger partial charge on any atom is 0.252 e. The van der Waals surface area contributed by atoms with Crippen LogP contribution in [0.1, 0.15) is 35.3 Å². The number of carbonyl (C=O) groups is 1. The molecule has 8 heteroatoms. The van der Waals surface area contributed by atoms with E-state index in [0.29, 0.717) is 16.9 Å². The van der Waals surface area contributed by atoms with Gasteiger partial charge in [-0.2, -0.15) is 0 Å². The Morgan fingerprint density at radius 2 is 1.96 bits per heavy atom. The largest absolute Gasteiger partial charge is 0.345 e. The van der Waals surface area contributed by atoms with E-state index in [1.54, 1.807) is 31.2 Å². The summed E-state index contributed by atoms with van der Waals surface area (Å²) < 4.78 is 50.3. The number of benzene rings is 2.